The molecule has 0 atom stereocenters. The van der Waals surface area contributed by atoms with E-state index in [2.05, 4.69) is 37.1 Å². The fraction of sp³-hybridized carbons (Fsp3) is 0.412. The highest BCUT2D eigenvalue weighted by Crippen LogP contribution is 2.04. The molecule has 2 aromatic rings. The Hall–Kier alpha value is -2.96. The number of nitrogen functional groups attached to an aromatic ring is 1. The van der Waals surface area contributed by atoms with Gasteiger partial charge in [0.15, 0.2) is 17.2 Å². The summed E-state index contributed by atoms with van der Waals surface area (Å²) >= 11 is 0. The molecule has 9 nitrogen and oxygen atoms in total. The van der Waals surface area contributed by atoms with E-state index in [0.29, 0.717) is 23.6 Å². The maximum absolute atomic E-state index is 12.3. The molecule has 3 rings (SSSR count). The van der Waals surface area contributed by atoms with Gasteiger partial charge in [-0.3, -0.25) is 14.4 Å². The summed E-state index contributed by atoms with van der Waals surface area (Å²) in [5, 5.41) is 7.09. The number of carbonyl (C=O) groups is 1. The molecule has 0 spiro atoms. The molecule has 3 heterocycles. The molecule has 9 heteroatoms. The summed E-state index contributed by atoms with van der Waals surface area (Å²) in [5.41, 5.74) is 7.03. The Bertz CT molecular complexity index is 831. The van der Waals surface area contributed by atoms with Gasteiger partial charge >= 0.3 is 0 Å². The van der Waals surface area contributed by atoms with Crippen molar-refractivity contribution in [3.05, 3.63) is 35.5 Å². The first-order chi connectivity index (χ1) is 12.6. The van der Waals surface area contributed by atoms with Crippen LogP contribution in [0, 0.1) is 11.8 Å². The van der Waals surface area contributed by atoms with Crippen molar-refractivity contribution in [2.45, 2.75) is 0 Å². The van der Waals surface area contributed by atoms with E-state index in [1.54, 1.807) is 17.8 Å². The summed E-state index contributed by atoms with van der Waals surface area (Å²) in [5.74, 6) is 5.81. The van der Waals surface area contributed by atoms with E-state index in [-0.39, 0.29) is 11.7 Å². The first kappa shape index (κ1) is 17.8. The molecule has 1 aliphatic heterocycles. The summed E-state index contributed by atoms with van der Waals surface area (Å²) in [6, 6.07) is 1.64. The molecule has 136 valence electrons. The zero-order valence-corrected chi connectivity index (χ0v) is 14.6. The van der Waals surface area contributed by atoms with Crippen molar-refractivity contribution >= 4 is 11.7 Å². The fourth-order valence-electron chi connectivity index (χ4n) is 2.51. The summed E-state index contributed by atoms with van der Waals surface area (Å²) in [4.78, 5) is 22.5. The summed E-state index contributed by atoms with van der Waals surface area (Å²) in [6.07, 6.45) is 3.03. The lowest BCUT2D eigenvalue weighted by atomic mass is 10.3. The molecule has 1 saturated heterocycles. The monoisotopic (exact) mass is 355 g/mol. The maximum Gasteiger partial charge on any atom is 0.271 e. The van der Waals surface area contributed by atoms with Crippen molar-refractivity contribution in [1.82, 2.24) is 30.0 Å². The Labute approximate surface area is 151 Å². The summed E-state index contributed by atoms with van der Waals surface area (Å²) < 4.78 is 6.86. The highest BCUT2D eigenvalue weighted by molar-refractivity contribution is 5.92. The molecule has 0 unspecified atom stereocenters. The van der Waals surface area contributed by atoms with E-state index in [1.165, 1.54) is 12.4 Å². The minimum atomic E-state index is -0.221. The number of morpholine rings is 1. The minimum absolute atomic E-state index is 0.221. The first-order valence-corrected chi connectivity index (χ1v) is 8.34. The van der Waals surface area contributed by atoms with E-state index in [4.69, 9.17) is 10.5 Å². The smallest absolute Gasteiger partial charge is 0.271 e. The zero-order valence-electron chi connectivity index (χ0n) is 14.6. The Balaban J connectivity index is 1.59. The number of rotatable bonds is 4. The minimum Gasteiger partial charge on any atom is -0.381 e. The average Bonchev–Trinajstić information content (AvgIpc) is 3.03. The quantitative estimate of drug-likeness (QED) is 0.695. The Morgan fingerprint density at radius 2 is 2.08 bits per heavy atom. The molecular weight excluding hydrogens is 334 g/mol. The topological polar surface area (TPSA) is 111 Å². The number of ether oxygens (including phenoxy) is 1. The third-order valence-corrected chi connectivity index (χ3v) is 3.97. The average molecular weight is 355 g/mol. The van der Waals surface area contributed by atoms with Crippen molar-refractivity contribution in [1.29, 1.82) is 0 Å². The van der Waals surface area contributed by atoms with Gasteiger partial charge in [-0.1, -0.05) is 0 Å². The lowest BCUT2D eigenvalue weighted by Gasteiger charge is -2.26. The Morgan fingerprint density at radius 3 is 2.85 bits per heavy atom. The fourth-order valence-corrected chi connectivity index (χ4v) is 2.51. The zero-order chi connectivity index (χ0) is 18.4. The predicted octanol–water partition coefficient (Wildman–Crippen LogP) is -0.746. The van der Waals surface area contributed by atoms with Gasteiger partial charge in [-0.05, 0) is 11.8 Å². The molecule has 3 N–H and O–H groups in total. The third kappa shape index (κ3) is 4.56. The molecule has 0 aromatic carbocycles. The van der Waals surface area contributed by atoms with Crippen LogP contribution in [0.25, 0.3) is 0 Å². The number of aryl methyl sites for hydroxylation is 1. The summed E-state index contributed by atoms with van der Waals surface area (Å²) in [6.45, 7) is 4.63. The molecule has 0 aliphatic carbocycles. The molecule has 0 radical (unpaired) electrons. The van der Waals surface area contributed by atoms with Crippen LogP contribution < -0.4 is 11.1 Å². The lowest BCUT2D eigenvalue weighted by molar-refractivity contribution is 0.0383. The number of hydrogen-bond donors (Lipinski definition) is 2. The van der Waals surface area contributed by atoms with Crippen molar-refractivity contribution in [3.8, 4) is 11.8 Å². The van der Waals surface area contributed by atoms with Crippen LogP contribution in [-0.4, -0.2) is 69.9 Å². The molecule has 26 heavy (non-hydrogen) atoms. The van der Waals surface area contributed by atoms with Gasteiger partial charge in [0, 0.05) is 51.7 Å². The number of aromatic nitrogens is 4. The van der Waals surface area contributed by atoms with Gasteiger partial charge in [-0.25, -0.2) is 9.97 Å². The number of nitrogens with zero attached hydrogens (tertiary/aromatic N) is 5. The van der Waals surface area contributed by atoms with Crippen LogP contribution in [0.2, 0.25) is 0 Å². The maximum atomic E-state index is 12.3. The van der Waals surface area contributed by atoms with E-state index in [0.717, 1.165) is 32.8 Å². The standard InChI is InChI=1S/C17H21N7O2/c1-23-13(2-3-14-16(18)20-5-4-19-14)12-15(22-23)17(25)21-6-7-24-8-10-26-11-9-24/h4-5,12H,6-11H2,1H3,(H2,18,20)(H,21,25). The Morgan fingerprint density at radius 1 is 1.31 bits per heavy atom. The molecule has 0 bridgehead atoms. The van der Waals surface area contributed by atoms with E-state index < -0.39 is 0 Å². The Kier molecular flexibility index (Phi) is 5.78. The van der Waals surface area contributed by atoms with Crippen LogP contribution in [0.3, 0.4) is 0 Å². The van der Waals surface area contributed by atoms with Crippen molar-refractivity contribution in [3.63, 3.8) is 0 Å². The number of anilines is 1. The van der Waals surface area contributed by atoms with Gasteiger partial charge in [-0.2, -0.15) is 5.10 Å². The van der Waals surface area contributed by atoms with Gasteiger partial charge in [0.05, 0.1) is 13.2 Å². The second-order valence-corrected chi connectivity index (χ2v) is 5.79. The van der Waals surface area contributed by atoms with Crippen molar-refractivity contribution in [2.75, 3.05) is 45.1 Å². The van der Waals surface area contributed by atoms with Crippen LogP contribution in [0.5, 0.6) is 0 Å². The van der Waals surface area contributed by atoms with Crippen LogP contribution >= 0.6 is 0 Å². The molecule has 1 fully saturated rings. The SMILES string of the molecule is Cn1nc(C(=O)NCCN2CCOCC2)cc1C#Cc1nccnc1N. The van der Waals surface area contributed by atoms with Crippen molar-refractivity contribution < 1.29 is 9.53 Å². The number of hydrogen-bond acceptors (Lipinski definition) is 7. The second-order valence-electron chi connectivity index (χ2n) is 5.79. The van der Waals surface area contributed by atoms with Crippen LogP contribution in [-0.2, 0) is 11.8 Å². The molecular formula is C17H21N7O2. The van der Waals surface area contributed by atoms with Gasteiger partial charge in [-0.15, -0.1) is 0 Å². The predicted molar refractivity (Wildman–Crippen MR) is 95.2 cm³/mol. The van der Waals surface area contributed by atoms with Gasteiger partial charge in [0.2, 0.25) is 0 Å². The van der Waals surface area contributed by atoms with E-state index in [9.17, 15) is 4.79 Å². The van der Waals surface area contributed by atoms with Gasteiger partial charge < -0.3 is 15.8 Å². The van der Waals surface area contributed by atoms with Gasteiger partial charge in [0.1, 0.15) is 5.69 Å². The molecule has 1 aliphatic rings. The first-order valence-electron chi connectivity index (χ1n) is 8.34. The molecule has 1 amide bonds. The van der Waals surface area contributed by atoms with E-state index in [1.807, 2.05) is 0 Å². The molecule has 2 aromatic heterocycles. The van der Waals surface area contributed by atoms with E-state index >= 15 is 0 Å². The van der Waals surface area contributed by atoms with Crippen LogP contribution in [0.1, 0.15) is 21.9 Å². The number of amides is 1. The number of carbonyl (C=O) groups excluding carboxylic acids is 1. The summed E-state index contributed by atoms with van der Waals surface area (Å²) in [7, 11) is 1.73. The van der Waals surface area contributed by atoms with Gasteiger partial charge in [0.25, 0.3) is 5.91 Å². The highest BCUT2D eigenvalue weighted by Gasteiger charge is 2.13. The van der Waals surface area contributed by atoms with Crippen LogP contribution in [0.4, 0.5) is 5.82 Å². The third-order valence-electron chi connectivity index (χ3n) is 3.97. The van der Waals surface area contributed by atoms with Crippen LogP contribution in [0.15, 0.2) is 18.5 Å². The number of nitrogens with two attached hydrogens (primary N) is 1. The lowest BCUT2D eigenvalue weighted by Crippen LogP contribution is -2.41. The largest absolute Gasteiger partial charge is 0.381 e. The molecule has 0 saturated carbocycles. The normalized spacial score (nSPS) is 14.5. The highest BCUT2D eigenvalue weighted by atomic mass is 16.5. The van der Waals surface area contributed by atoms with Crippen molar-refractivity contribution in [2.24, 2.45) is 7.05 Å². The number of nitrogens with one attached hydrogen (secondary N) is 1. The second kappa shape index (κ2) is 8.42.